The van der Waals surface area contributed by atoms with Gasteiger partial charge in [0.1, 0.15) is 11.6 Å². The maximum atomic E-state index is 5.47. The van der Waals surface area contributed by atoms with Gasteiger partial charge in [-0.2, -0.15) is 0 Å². The van der Waals surface area contributed by atoms with Gasteiger partial charge in [-0.05, 0) is 24.3 Å². The standard InChI is InChI=1S/C11H13N5/c1-16(2)11-6-3-8(7-13-11)9-4-5-10(12)15-14-9/h3-7H,1-2H3,(H2,12,15). The molecule has 0 aromatic carbocycles. The maximum absolute atomic E-state index is 5.47. The lowest BCUT2D eigenvalue weighted by Gasteiger charge is -2.10. The molecular formula is C11H13N5. The van der Waals surface area contributed by atoms with Crippen LogP contribution in [0.3, 0.4) is 0 Å². The largest absolute Gasteiger partial charge is 0.382 e. The average molecular weight is 215 g/mol. The average Bonchev–Trinajstić information content (AvgIpc) is 2.30. The van der Waals surface area contributed by atoms with E-state index in [4.69, 9.17) is 5.73 Å². The first-order valence-electron chi connectivity index (χ1n) is 4.90. The lowest BCUT2D eigenvalue weighted by molar-refractivity contribution is 1.04. The lowest BCUT2D eigenvalue weighted by Crippen LogP contribution is -2.10. The first kappa shape index (κ1) is 10.4. The Labute approximate surface area is 93.9 Å². The molecule has 0 aliphatic heterocycles. The number of hydrogen-bond acceptors (Lipinski definition) is 5. The van der Waals surface area contributed by atoms with Gasteiger partial charge in [-0.3, -0.25) is 0 Å². The molecule has 5 nitrogen and oxygen atoms in total. The summed E-state index contributed by atoms with van der Waals surface area (Å²) < 4.78 is 0. The van der Waals surface area contributed by atoms with E-state index >= 15 is 0 Å². The van der Waals surface area contributed by atoms with Crippen molar-refractivity contribution in [2.45, 2.75) is 0 Å². The Morgan fingerprint density at radius 3 is 2.38 bits per heavy atom. The zero-order valence-corrected chi connectivity index (χ0v) is 9.25. The van der Waals surface area contributed by atoms with Crippen molar-refractivity contribution in [3.8, 4) is 11.3 Å². The van der Waals surface area contributed by atoms with Gasteiger partial charge < -0.3 is 10.6 Å². The lowest BCUT2D eigenvalue weighted by atomic mass is 10.2. The topological polar surface area (TPSA) is 67.9 Å². The van der Waals surface area contributed by atoms with Crippen LogP contribution in [0.25, 0.3) is 11.3 Å². The summed E-state index contributed by atoms with van der Waals surface area (Å²) in [5.74, 6) is 1.33. The fraction of sp³-hybridized carbons (Fsp3) is 0.182. The third-order valence-electron chi connectivity index (χ3n) is 2.19. The number of aromatic nitrogens is 3. The van der Waals surface area contributed by atoms with Crippen molar-refractivity contribution in [1.82, 2.24) is 15.2 Å². The fourth-order valence-corrected chi connectivity index (χ4v) is 1.30. The van der Waals surface area contributed by atoms with Gasteiger partial charge in [0, 0.05) is 25.9 Å². The van der Waals surface area contributed by atoms with Crippen LogP contribution in [0.4, 0.5) is 11.6 Å². The van der Waals surface area contributed by atoms with E-state index in [1.807, 2.05) is 37.2 Å². The minimum Gasteiger partial charge on any atom is -0.382 e. The monoisotopic (exact) mass is 215 g/mol. The van der Waals surface area contributed by atoms with E-state index in [-0.39, 0.29) is 0 Å². The molecule has 2 rings (SSSR count). The number of nitrogens with zero attached hydrogens (tertiary/aromatic N) is 4. The summed E-state index contributed by atoms with van der Waals surface area (Å²) in [7, 11) is 3.90. The summed E-state index contributed by atoms with van der Waals surface area (Å²) in [4.78, 5) is 6.25. The highest BCUT2D eigenvalue weighted by atomic mass is 15.1. The van der Waals surface area contributed by atoms with Crippen LogP contribution in [0.2, 0.25) is 0 Å². The normalized spacial score (nSPS) is 10.1. The molecule has 2 aromatic heterocycles. The van der Waals surface area contributed by atoms with Crippen molar-refractivity contribution in [3.05, 3.63) is 30.5 Å². The number of rotatable bonds is 2. The van der Waals surface area contributed by atoms with E-state index in [1.54, 1.807) is 12.3 Å². The first-order chi connectivity index (χ1) is 7.66. The quantitative estimate of drug-likeness (QED) is 0.814. The highest BCUT2D eigenvalue weighted by Gasteiger charge is 2.02. The summed E-state index contributed by atoms with van der Waals surface area (Å²) in [6.07, 6.45) is 1.77. The molecule has 0 unspecified atom stereocenters. The smallest absolute Gasteiger partial charge is 0.146 e. The van der Waals surface area contributed by atoms with Crippen molar-refractivity contribution in [2.24, 2.45) is 0 Å². The van der Waals surface area contributed by atoms with E-state index in [0.29, 0.717) is 5.82 Å². The minimum atomic E-state index is 0.418. The Hall–Kier alpha value is -2.17. The highest BCUT2D eigenvalue weighted by Crippen LogP contribution is 2.17. The number of hydrogen-bond donors (Lipinski definition) is 1. The second kappa shape index (κ2) is 4.14. The van der Waals surface area contributed by atoms with Crippen LogP contribution < -0.4 is 10.6 Å². The molecule has 5 heteroatoms. The highest BCUT2D eigenvalue weighted by molar-refractivity contribution is 5.59. The van der Waals surface area contributed by atoms with Gasteiger partial charge in [-0.15, -0.1) is 10.2 Å². The van der Waals surface area contributed by atoms with Crippen LogP contribution in [-0.2, 0) is 0 Å². The fourth-order valence-electron chi connectivity index (χ4n) is 1.30. The summed E-state index contributed by atoms with van der Waals surface area (Å²) in [5, 5.41) is 7.80. The van der Waals surface area contributed by atoms with Crippen LogP contribution in [0.5, 0.6) is 0 Å². The van der Waals surface area contributed by atoms with E-state index in [2.05, 4.69) is 15.2 Å². The van der Waals surface area contributed by atoms with Crippen LogP contribution in [-0.4, -0.2) is 29.3 Å². The van der Waals surface area contributed by atoms with E-state index in [9.17, 15) is 0 Å². The molecule has 0 atom stereocenters. The predicted octanol–water partition coefficient (Wildman–Crippen LogP) is 1.19. The van der Waals surface area contributed by atoms with Crippen molar-refractivity contribution < 1.29 is 0 Å². The summed E-state index contributed by atoms with van der Waals surface area (Å²) in [6.45, 7) is 0. The zero-order valence-electron chi connectivity index (χ0n) is 9.25. The van der Waals surface area contributed by atoms with Crippen LogP contribution >= 0.6 is 0 Å². The first-order valence-corrected chi connectivity index (χ1v) is 4.90. The molecule has 0 saturated heterocycles. The minimum absolute atomic E-state index is 0.418. The molecule has 0 saturated carbocycles. The Morgan fingerprint density at radius 2 is 1.88 bits per heavy atom. The Kier molecular flexibility index (Phi) is 2.68. The van der Waals surface area contributed by atoms with Crippen molar-refractivity contribution in [1.29, 1.82) is 0 Å². The Bertz CT molecular complexity index is 461. The number of nitrogen functional groups attached to an aromatic ring is 1. The zero-order chi connectivity index (χ0) is 11.5. The van der Waals surface area contributed by atoms with Crippen LogP contribution in [0.1, 0.15) is 0 Å². The molecule has 0 bridgehead atoms. The van der Waals surface area contributed by atoms with Gasteiger partial charge in [0.05, 0.1) is 5.69 Å². The molecular weight excluding hydrogens is 202 g/mol. The molecule has 0 aliphatic carbocycles. The third-order valence-corrected chi connectivity index (χ3v) is 2.19. The van der Waals surface area contributed by atoms with Crippen molar-refractivity contribution >= 4 is 11.6 Å². The molecule has 2 N–H and O–H groups in total. The van der Waals surface area contributed by atoms with Gasteiger partial charge >= 0.3 is 0 Å². The number of pyridine rings is 1. The SMILES string of the molecule is CN(C)c1ccc(-c2ccc(N)nn2)cn1. The summed E-state index contributed by atoms with van der Waals surface area (Å²) in [6, 6.07) is 7.45. The molecule has 0 radical (unpaired) electrons. The molecule has 0 fully saturated rings. The number of nitrogens with two attached hydrogens (primary N) is 1. The van der Waals surface area contributed by atoms with Gasteiger partial charge in [0.2, 0.25) is 0 Å². The molecule has 82 valence electrons. The van der Waals surface area contributed by atoms with Gasteiger partial charge in [-0.1, -0.05) is 0 Å². The van der Waals surface area contributed by atoms with E-state index in [0.717, 1.165) is 17.1 Å². The third kappa shape index (κ3) is 2.08. The molecule has 0 amide bonds. The number of anilines is 2. The van der Waals surface area contributed by atoms with E-state index < -0.39 is 0 Å². The summed E-state index contributed by atoms with van der Waals surface area (Å²) in [5.41, 5.74) is 7.17. The van der Waals surface area contributed by atoms with Crippen LogP contribution in [0, 0.1) is 0 Å². The summed E-state index contributed by atoms with van der Waals surface area (Å²) >= 11 is 0. The van der Waals surface area contributed by atoms with Gasteiger partial charge in [0.25, 0.3) is 0 Å². The van der Waals surface area contributed by atoms with Crippen LogP contribution in [0.15, 0.2) is 30.5 Å². The molecule has 2 heterocycles. The van der Waals surface area contributed by atoms with Gasteiger partial charge in [0.15, 0.2) is 0 Å². The Balaban J connectivity index is 2.31. The molecule has 2 aromatic rings. The van der Waals surface area contributed by atoms with Gasteiger partial charge in [-0.25, -0.2) is 4.98 Å². The predicted molar refractivity (Wildman–Crippen MR) is 64.0 cm³/mol. The molecule has 16 heavy (non-hydrogen) atoms. The van der Waals surface area contributed by atoms with Crippen molar-refractivity contribution in [3.63, 3.8) is 0 Å². The second-order valence-corrected chi connectivity index (χ2v) is 3.64. The second-order valence-electron chi connectivity index (χ2n) is 3.64. The molecule has 0 aliphatic rings. The Morgan fingerprint density at radius 1 is 1.06 bits per heavy atom. The van der Waals surface area contributed by atoms with E-state index in [1.165, 1.54) is 0 Å². The molecule has 0 spiro atoms. The maximum Gasteiger partial charge on any atom is 0.146 e. The van der Waals surface area contributed by atoms with Crippen molar-refractivity contribution in [2.75, 3.05) is 24.7 Å².